The normalized spacial score (nSPS) is 35.1. The van der Waals surface area contributed by atoms with E-state index in [1.807, 2.05) is 30.0 Å². The second-order valence-corrected chi connectivity index (χ2v) is 7.16. The Morgan fingerprint density at radius 3 is 3.11 bits per heavy atom. The van der Waals surface area contributed by atoms with E-state index in [4.69, 9.17) is 22.1 Å². The summed E-state index contributed by atoms with van der Waals surface area (Å²) in [6, 6.07) is 5.82. The first kappa shape index (κ1) is 12.6. The van der Waals surface area contributed by atoms with Crippen molar-refractivity contribution in [3.05, 3.63) is 28.8 Å². The van der Waals surface area contributed by atoms with E-state index in [1.54, 1.807) is 0 Å². The minimum absolute atomic E-state index is 0.0357. The predicted molar refractivity (Wildman–Crippen MR) is 77.5 cm³/mol. The van der Waals surface area contributed by atoms with Gasteiger partial charge in [0.05, 0.1) is 0 Å². The lowest BCUT2D eigenvalue weighted by Gasteiger charge is -2.47. The maximum atomic E-state index is 6.34. The van der Waals surface area contributed by atoms with Gasteiger partial charge in [0.15, 0.2) is 0 Å². The van der Waals surface area contributed by atoms with E-state index in [1.165, 1.54) is 12.2 Å². The first-order chi connectivity index (χ1) is 8.61. The van der Waals surface area contributed by atoms with Gasteiger partial charge in [0.1, 0.15) is 11.4 Å². The van der Waals surface area contributed by atoms with Crippen LogP contribution in [0.1, 0.15) is 37.8 Å². The molecule has 3 atom stereocenters. The van der Waals surface area contributed by atoms with E-state index in [9.17, 15) is 0 Å². The highest BCUT2D eigenvalue weighted by Gasteiger charge is 2.45. The van der Waals surface area contributed by atoms with Gasteiger partial charge in [0.25, 0.3) is 0 Å². The number of benzene rings is 1. The lowest BCUT2D eigenvalue weighted by atomic mass is 9.82. The van der Waals surface area contributed by atoms with Crippen LogP contribution in [0.5, 0.6) is 5.75 Å². The zero-order chi connectivity index (χ0) is 12.8. The molecule has 1 fully saturated rings. The number of halogens is 1. The monoisotopic (exact) mass is 283 g/mol. The van der Waals surface area contributed by atoms with Crippen LogP contribution in [0, 0.1) is 0 Å². The SMILES string of the molecule is CC1SCCCC12C[C@H](N)c1cc(Cl)ccc1O2. The molecule has 0 amide bonds. The first-order valence-corrected chi connectivity index (χ1v) is 7.89. The van der Waals surface area contributed by atoms with Crippen LogP contribution in [-0.4, -0.2) is 16.6 Å². The van der Waals surface area contributed by atoms with Gasteiger partial charge in [-0.15, -0.1) is 0 Å². The fraction of sp³-hybridized carbons (Fsp3) is 0.571. The van der Waals surface area contributed by atoms with Crippen LogP contribution < -0.4 is 10.5 Å². The lowest BCUT2D eigenvalue weighted by Crippen LogP contribution is -2.51. The molecule has 2 N–H and O–H groups in total. The smallest absolute Gasteiger partial charge is 0.125 e. The summed E-state index contributed by atoms with van der Waals surface area (Å²) < 4.78 is 6.34. The number of hydrogen-bond donors (Lipinski definition) is 1. The van der Waals surface area contributed by atoms with Crippen LogP contribution >= 0.6 is 23.4 Å². The summed E-state index contributed by atoms with van der Waals surface area (Å²) in [6.45, 7) is 2.26. The minimum Gasteiger partial charge on any atom is -0.486 e. The molecule has 2 heterocycles. The molecule has 2 unspecified atom stereocenters. The predicted octanol–water partition coefficient (Wildman–Crippen LogP) is 3.78. The molecule has 1 aromatic rings. The summed E-state index contributed by atoms with van der Waals surface area (Å²) >= 11 is 8.03. The van der Waals surface area contributed by atoms with Crippen molar-refractivity contribution in [1.29, 1.82) is 0 Å². The molecule has 0 bridgehead atoms. The van der Waals surface area contributed by atoms with E-state index in [0.717, 1.165) is 29.2 Å². The zero-order valence-corrected chi connectivity index (χ0v) is 12.1. The number of rotatable bonds is 0. The van der Waals surface area contributed by atoms with Gasteiger partial charge in [0.2, 0.25) is 0 Å². The second-order valence-electron chi connectivity index (χ2n) is 5.28. The van der Waals surface area contributed by atoms with Gasteiger partial charge in [-0.3, -0.25) is 0 Å². The van der Waals surface area contributed by atoms with Gasteiger partial charge < -0.3 is 10.5 Å². The molecule has 0 aromatic heterocycles. The Labute approximate surface area is 117 Å². The molecular formula is C14H18ClNOS. The Kier molecular flexibility index (Phi) is 3.25. The molecule has 1 spiro atoms. The van der Waals surface area contributed by atoms with Crippen molar-refractivity contribution in [2.75, 3.05) is 5.75 Å². The molecule has 4 heteroatoms. The van der Waals surface area contributed by atoms with Crippen molar-refractivity contribution in [1.82, 2.24) is 0 Å². The summed E-state index contributed by atoms with van der Waals surface area (Å²) in [5.41, 5.74) is 7.31. The Morgan fingerprint density at radius 2 is 2.33 bits per heavy atom. The summed E-state index contributed by atoms with van der Waals surface area (Å²) in [6.07, 6.45) is 3.22. The molecule has 2 nitrogen and oxygen atoms in total. The lowest BCUT2D eigenvalue weighted by molar-refractivity contribution is 0.0256. The standard InChI is InChI=1S/C14H18ClNOS/c1-9-14(5-2-6-18-9)8-12(16)11-7-10(15)3-4-13(11)17-14/h3-4,7,9,12H,2,5-6,8,16H2,1H3/t9?,12-,14?/m0/s1. The first-order valence-electron chi connectivity index (χ1n) is 6.46. The van der Waals surface area contributed by atoms with E-state index in [0.29, 0.717) is 5.25 Å². The number of hydrogen-bond acceptors (Lipinski definition) is 3. The molecule has 0 aliphatic carbocycles. The molecule has 2 aliphatic heterocycles. The summed E-state index contributed by atoms with van der Waals surface area (Å²) in [5, 5.41) is 1.23. The van der Waals surface area contributed by atoms with E-state index < -0.39 is 0 Å². The van der Waals surface area contributed by atoms with E-state index in [2.05, 4.69) is 6.92 Å². The van der Waals surface area contributed by atoms with Crippen molar-refractivity contribution in [2.24, 2.45) is 5.73 Å². The van der Waals surface area contributed by atoms with Crippen LogP contribution in [0.3, 0.4) is 0 Å². The van der Waals surface area contributed by atoms with Crippen LogP contribution in [0.2, 0.25) is 5.02 Å². The van der Waals surface area contributed by atoms with Crippen LogP contribution in [0.25, 0.3) is 0 Å². The topological polar surface area (TPSA) is 35.2 Å². The Balaban J connectivity index is 1.98. The summed E-state index contributed by atoms with van der Waals surface area (Å²) in [5.74, 6) is 2.15. The Morgan fingerprint density at radius 1 is 1.50 bits per heavy atom. The van der Waals surface area contributed by atoms with E-state index in [-0.39, 0.29) is 11.6 Å². The zero-order valence-electron chi connectivity index (χ0n) is 10.5. The third kappa shape index (κ3) is 2.02. The van der Waals surface area contributed by atoms with Crippen LogP contribution in [-0.2, 0) is 0 Å². The second kappa shape index (κ2) is 4.62. The highest BCUT2D eigenvalue weighted by Crippen LogP contribution is 2.47. The van der Waals surface area contributed by atoms with Crippen molar-refractivity contribution in [3.8, 4) is 5.75 Å². The Hall–Kier alpha value is -0.380. The molecule has 0 saturated carbocycles. The summed E-state index contributed by atoms with van der Waals surface area (Å²) in [4.78, 5) is 0. The molecule has 1 aromatic carbocycles. The Bertz CT molecular complexity index is 467. The van der Waals surface area contributed by atoms with Gasteiger partial charge >= 0.3 is 0 Å². The number of ether oxygens (including phenoxy) is 1. The molecule has 0 radical (unpaired) electrons. The van der Waals surface area contributed by atoms with Crippen molar-refractivity contribution in [3.63, 3.8) is 0 Å². The van der Waals surface area contributed by atoms with Crippen molar-refractivity contribution >= 4 is 23.4 Å². The summed E-state index contributed by atoms with van der Waals surface area (Å²) in [7, 11) is 0. The molecule has 18 heavy (non-hydrogen) atoms. The fourth-order valence-corrected chi connectivity index (χ4v) is 4.44. The van der Waals surface area contributed by atoms with Crippen molar-refractivity contribution < 1.29 is 4.74 Å². The maximum absolute atomic E-state index is 6.34. The quantitative estimate of drug-likeness (QED) is 0.787. The largest absolute Gasteiger partial charge is 0.486 e. The fourth-order valence-electron chi connectivity index (χ4n) is 3.03. The third-order valence-corrected chi connectivity index (χ3v) is 5.79. The highest BCUT2D eigenvalue weighted by molar-refractivity contribution is 8.00. The van der Waals surface area contributed by atoms with Gasteiger partial charge in [-0.2, -0.15) is 11.8 Å². The minimum atomic E-state index is -0.0802. The van der Waals surface area contributed by atoms with Gasteiger partial charge in [-0.1, -0.05) is 11.6 Å². The van der Waals surface area contributed by atoms with Crippen LogP contribution in [0.4, 0.5) is 0 Å². The number of thioether (sulfide) groups is 1. The average Bonchev–Trinajstić information content (AvgIpc) is 2.34. The van der Waals surface area contributed by atoms with Gasteiger partial charge in [-0.05, 0) is 43.7 Å². The highest BCUT2D eigenvalue weighted by atomic mass is 35.5. The number of fused-ring (bicyclic) bond motifs is 1. The average molecular weight is 284 g/mol. The van der Waals surface area contributed by atoms with Gasteiger partial charge in [-0.25, -0.2) is 0 Å². The van der Waals surface area contributed by atoms with Crippen molar-refractivity contribution in [2.45, 2.75) is 43.1 Å². The molecule has 2 aliphatic rings. The molecular weight excluding hydrogens is 266 g/mol. The maximum Gasteiger partial charge on any atom is 0.125 e. The molecule has 98 valence electrons. The van der Waals surface area contributed by atoms with E-state index >= 15 is 0 Å². The van der Waals surface area contributed by atoms with Crippen LogP contribution in [0.15, 0.2) is 18.2 Å². The molecule has 1 saturated heterocycles. The third-order valence-electron chi connectivity index (χ3n) is 4.10. The number of nitrogens with two attached hydrogens (primary N) is 1. The van der Waals surface area contributed by atoms with Gasteiger partial charge in [0, 0.05) is 28.3 Å². The molecule has 3 rings (SSSR count).